The van der Waals surface area contributed by atoms with Crippen molar-refractivity contribution in [2.45, 2.75) is 5.92 Å². The standard InChI is InChI=1S/C16H15N3O3/c1-18-11(8-9-17-18)6-7-15(20)19-10-13(16(21)22)12-4-2-3-5-14(12)19/h2-9,13H,10H2,1H3,(H,21,22)/b7-6+. The van der Waals surface area contributed by atoms with Crippen molar-refractivity contribution >= 4 is 23.6 Å². The maximum absolute atomic E-state index is 12.4. The Morgan fingerprint density at radius 1 is 1.32 bits per heavy atom. The van der Waals surface area contributed by atoms with Crippen LogP contribution in [0.5, 0.6) is 0 Å². The molecule has 0 saturated carbocycles. The molecule has 1 aromatic carbocycles. The first-order valence-electron chi connectivity index (χ1n) is 6.87. The highest BCUT2D eigenvalue weighted by atomic mass is 16.4. The third kappa shape index (κ3) is 2.39. The number of para-hydroxylation sites is 1. The summed E-state index contributed by atoms with van der Waals surface area (Å²) in [4.78, 5) is 25.3. The Kier molecular flexibility index (Phi) is 3.50. The highest BCUT2D eigenvalue weighted by Crippen LogP contribution is 2.36. The fourth-order valence-corrected chi connectivity index (χ4v) is 2.62. The van der Waals surface area contributed by atoms with Gasteiger partial charge in [0.2, 0.25) is 0 Å². The molecule has 6 nitrogen and oxygen atoms in total. The van der Waals surface area contributed by atoms with Crippen molar-refractivity contribution in [3.05, 3.63) is 53.9 Å². The number of rotatable bonds is 3. The molecule has 3 rings (SSSR count). The fraction of sp³-hybridized carbons (Fsp3) is 0.188. The Hall–Kier alpha value is -2.89. The van der Waals surface area contributed by atoms with Gasteiger partial charge in [0, 0.05) is 31.6 Å². The van der Waals surface area contributed by atoms with E-state index < -0.39 is 11.9 Å². The van der Waals surface area contributed by atoms with Crippen molar-refractivity contribution in [1.29, 1.82) is 0 Å². The summed E-state index contributed by atoms with van der Waals surface area (Å²) < 4.78 is 1.65. The summed E-state index contributed by atoms with van der Waals surface area (Å²) in [5.74, 6) is -1.83. The molecule has 2 aromatic rings. The van der Waals surface area contributed by atoms with Gasteiger partial charge in [0.05, 0.1) is 5.69 Å². The Bertz CT molecular complexity index is 764. The number of carbonyl (C=O) groups excluding carboxylic acids is 1. The molecule has 1 unspecified atom stereocenters. The van der Waals surface area contributed by atoms with Crippen LogP contribution in [0.3, 0.4) is 0 Å². The Morgan fingerprint density at radius 3 is 2.77 bits per heavy atom. The number of hydrogen-bond donors (Lipinski definition) is 1. The topological polar surface area (TPSA) is 75.4 Å². The van der Waals surface area contributed by atoms with Gasteiger partial charge in [-0.3, -0.25) is 14.3 Å². The molecule has 6 heteroatoms. The summed E-state index contributed by atoms with van der Waals surface area (Å²) in [7, 11) is 1.79. The third-order valence-electron chi connectivity index (χ3n) is 3.79. The van der Waals surface area contributed by atoms with E-state index in [1.807, 2.05) is 0 Å². The highest BCUT2D eigenvalue weighted by Gasteiger charge is 2.35. The maximum atomic E-state index is 12.4. The van der Waals surface area contributed by atoms with Crippen molar-refractivity contribution in [3.63, 3.8) is 0 Å². The zero-order valence-corrected chi connectivity index (χ0v) is 12.0. The van der Waals surface area contributed by atoms with Crippen LogP contribution in [-0.2, 0) is 16.6 Å². The monoisotopic (exact) mass is 297 g/mol. The first-order chi connectivity index (χ1) is 10.6. The summed E-state index contributed by atoms with van der Waals surface area (Å²) in [6.45, 7) is 0.156. The molecule has 1 aliphatic rings. The van der Waals surface area contributed by atoms with E-state index in [0.29, 0.717) is 11.3 Å². The molecule has 1 aliphatic heterocycles. The molecule has 0 aliphatic carbocycles. The van der Waals surface area contributed by atoms with Crippen molar-refractivity contribution in [2.75, 3.05) is 11.4 Å². The van der Waals surface area contributed by atoms with E-state index in [4.69, 9.17) is 0 Å². The molecule has 0 spiro atoms. The smallest absolute Gasteiger partial charge is 0.312 e. The minimum atomic E-state index is -0.918. The fourth-order valence-electron chi connectivity index (χ4n) is 2.62. The summed E-state index contributed by atoms with van der Waals surface area (Å²) in [6.07, 6.45) is 4.76. The van der Waals surface area contributed by atoms with Gasteiger partial charge in [0.1, 0.15) is 5.92 Å². The minimum absolute atomic E-state index is 0.156. The van der Waals surface area contributed by atoms with Crippen LogP contribution in [0.2, 0.25) is 0 Å². The summed E-state index contributed by atoms with van der Waals surface area (Å²) in [5, 5.41) is 13.3. The van der Waals surface area contributed by atoms with E-state index in [9.17, 15) is 14.7 Å². The average molecular weight is 297 g/mol. The van der Waals surface area contributed by atoms with E-state index in [0.717, 1.165) is 5.69 Å². The number of amides is 1. The first kappa shape index (κ1) is 14.1. The zero-order chi connectivity index (χ0) is 15.7. The first-order valence-corrected chi connectivity index (χ1v) is 6.87. The van der Waals surface area contributed by atoms with Crippen LogP contribution in [0.4, 0.5) is 5.69 Å². The number of benzene rings is 1. The van der Waals surface area contributed by atoms with Gasteiger partial charge in [0.25, 0.3) is 5.91 Å². The number of anilines is 1. The number of carbonyl (C=O) groups is 2. The van der Waals surface area contributed by atoms with E-state index in [1.54, 1.807) is 54.3 Å². The number of hydrogen-bond acceptors (Lipinski definition) is 3. The van der Waals surface area contributed by atoms with Crippen molar-refractivity contribution in [2.24, 2.45) is 7.05 Å². The van der Waals surface area contributed by atoms with Crippen LogP contribution in [0.1, 0.15) is 17.2 Å². The number of carboxylic acids is 1. The second-order valence-corrected chi connectivity index (χ2v) is 5.11. The number of aromatic nitrogens is 2. The van der Waals surface area contributed by atoms with Crippen LogP contribution in [0.25, 0.3) is 6.08 Å². The van der Waals surface area contributed by atoms with E-state index in [-0.39, 0.29) is 12.5 Å². The average Bonchev–Trinajstić information content (AvgIpc) is 3.08. The SMILES string of the molecule is Cn1nccc1/C=C/C(=O)N1CC(C(=O)O)c2ccccc21. The Labute approximate surface area is 127 Å². The second kappa shape index (κ2) is 5.48. The second-order valence-electron chi connectivity index (χ2n) is 5.11. The van der Waals surface area contributed by atoms with Gasteiger partial charge in [-0.2, -0.15) is 5.10 Å². The quantitative estimate of drug-likeness (QED) is 0.874. The summed E-state index contributed by atoms with van der Waals surface area (Å²) >= 11 is 0. The molecule has 1 aromatic heterocycles. The van der Waals surface area contributed by atoms with Crippen LogP contribution in [0.15, 0.2) is 42.6 Å². The molecule has 0 bridgehead atoms. The van der Waals surface area contributed by atoms with Crippen LogP contribution >= 0.6 is 0 Å². The van der Waals surface area contributed by atoms with Crippen LogP contribution in [-0.4, -0.2) is 33.3 Å². The largest absolute Gasteiger partial charge is 0.481 e. The van der Waals surface area contributed by atoms with Crippen LogP contribution in [0, 0.1) is 0 Å². The molecule has 2 heterocycles. The number of carboxylic acid groups (broad SMARTS) is 1. The molecule has 0 radical (unpaired) electrons. The maximum Gasteiger partial charge on any atom is 0.312 e. The molecule has 0 saturated heterocycles. The lowest BCUT2D eigenvalue weighted by Crippen LogP contribution is -2.29. The molecule has 1 amide bonds. The minimum Gasteiger partial charge on any atom is -0.481 e. The van der Waals surface area contributed by atoms with Crippen molar-refractivity contribution in [1.82, 2.24) is 9.78 Å². The van der Waals surface area contributed by atoms with Gasteiger partial charge in [-0.25, -0.2) is 0 Å². The summed E-state index contributed by atoms with van der Waals surface area (Å²) in [5.41, 5.74) is 2.14. The Morgan fingerprint density at radius 2 is 2.09 bits per heavy atom. The molecule has 0 fully saturated rings. The lowest BCUT2D eigenvalue weighted by Gasteiger charge is -2.15. The van der Waals surface area contributed by atoms with E-state index in [1.165, 1.54) is 11.0 Å². The van der Waals surface area contributed by atoms with Gasteiger partial charge in [-0.15, -0.1) is 0 Å². The normalized spacial score (nSPS) is 17.0. The lowest BCUT2D eigenvalue weighted by atomic mass is 10.0. The summed E-state index contributed by atoms with van der Waals surface area (Å²) in [6, 6.07) is 8.91. The van der Waals surface area contributed by atoms with Crippen molar-refractivity contribution in [3.8, 4) is 0 Å². The van der Waals surface area contributed by atoms with Crippen molar-refractivity contribution < 1.29 is 14.7 Å². The lowest BCUT2D eigenvalue weighted by molar-refractivity contribution is -0.138. The predicted octanol–water partition coefficient (Wildman–Crippen LogP) is 1.65. The zero-order valence-electron chi connectivity index (χ0n) is 12.0. The Balaban J connectivity index is 1.86. The van der Waals surface area contributed by atoms with Gasteiger partial charge >= 0.3 is 5.97 Å². The van der Waals surface area contributed by atoms with Gasteiger partial charge < -0.3 is 10.0 Å². The molecule has 1 atom stereocenters. The molecule has 112 valence electrons. The molecular formula is C16H15N3O3. The van der Waals surface area contributed by atoms with Crippen LogP contribution < -0.4 is 4.90 Å². The third-order valence-corrected chi connectivity index (χ3v) is 3.79. The molecule has 22 heavy (non-hydrogen) atoms. The number of aryl methyl sites for hydroxylation is 1. The predicted molar refractivity (Wildman–Crippen MR) is 81.4 cm³/mol. The van der Waals surface area contributed by atoms with E-state index >= 15 is 0 Å². The number of aliphatic carboxylic acids is 1. The molecular weight excluding hydrogens is 282 g/mol. The van der Waals surface area contributed by atoms with Gasteiger partial charge in [-0.05, 0) is 23.8 Å². The van der Waals surface area contributed by atoms with Gasteiger partial charge in [0.15, 0.2) is 0 Å². The van der Waals surface area contributed by atoms with Gasteiger partial charge in [-0.1, -0.05) is 18.2 Å². The number of nitrogens with zero attached hydrogens (tertiary/aromatic N) is 3. The highest BCUT2D eigenvalue weighted by molar-refractivity contribution is 6.06. The number of fused-ring (bicyclic) bond motifs is 1. The molecule has 1 N–H and O–H groups in total. The van der Waals surface area contributed by atoms with E-state index in [2.05, 4.69) is 5.10 Å².